The summed E-state index contributed by atoms with van der Waals surface area (Å²) in [5.74, 6) is 2.81. The predicted molar refractivity (Wildman–Crippen MR) is 68.4 cm³/mol. The lowest BCUT2D eigenvalue weighted by Gasteiger charge is -2.26. The van der Waals surface area contributed by atoms with Crippen molar-refractivity contribution in [2.24, 2.45) is 0 Å². The summed E-state index contributed by atoms with van der Waals surface area (Å²) in [5, 5.41) is 9.71. The molecule has 1 heterocycles. The molecule has 0 radical (unpaired) electrons. The van der Waals surface area contributed by atoms with Crippen LogP contribution in [0.1, 0.15) is 5.56 Å². The van der Waals surface area contributed by atoms with Crippen LogP contribution in [0.2, 0.25) is 0 Å². The number of phenolic OH excluding ortho intramolecular Hbond substituents is 1. The summed E-state index contributed by atoms with van der Waals surface area (Å²) in [4.78, 5) is 2.39. The van der Waals surface area contributed by atoms with Gasteiger partial charge in [-0.3, -0.25) is 4.90 Å². The zero-order valence-electron chi connectivity index (χ0n) is 8.45. The summed E-state index contributed by atoms with van der Waals surface area (Å²) in [7, 11) is 0. The molecule has 0 unspecified atom stereocenters. The van der Waals surface area contributed by atoms with Gasteiger partial charge in [0, 0.05) is 41.2 Å². The van der Waals surface area contributed by atoms with Crippen molar-refractivity contribution in [2.75, 3.05) is 24.6 Å². The Morgan fingerprint density at radius 3 is 2.80 bits per heavy atom. The largest absolute Gasteiger partial charge is 0.508 e. The molecule has 1 fully saturated rings. The van der Waals surface area contributed by atoms with Gasteiger partial charge in [-0.05, 0) is 18.2 Å². The first-order chi connectivity index (χ1) is 7.25. The number of phenols is 1. The Kier molecular flexibility index (Phi) is 3.94. The number of rotatable bonds is 2. The van der Waals surface area contributed by atoms with Crippen LogP contribution in [-0.4, -0.2) is 34.6 Å². The highest BCUT2D eigenvalue weighted by molar-refractivity contribution is 9.10. The Balaban J connectivity index is 2.05. The normalized spacial score (nSPS) is 17.9. The molecule has 2 nitrogen and oxygen atoms in total. The van der Waals surface area contributed by atoms with E-state index in [-0.39, 0.29) is 0 Å². The maximum atomic E-state index is 9.71. The molecule has 1 aromatic rings. The smallest absolute Gasteiger partial charge is 0.120 e. The highest BCUT2D eigenvalue weighted by Crippen LogP contribution is 2.24. The third kappa shape index (κ3) is 3.13. The van der Waals surface area contributed by atoms with Crippen molar-refractivity contribution in [2.45, 2.75) is 6.54 Å². The number of hydrogen-bond donors (Lipinski definition) is 1. The second-order valence-electron chi connectivity index (χ2n) is 3.66. The Morgan fingerprint density at radius 1 is 1.33 bits per heavy atom. The van der Waals surface area contributed by atoms with E-state index in [4.69, 9.17) is 0 Å². The van der Waals surface area contributed by atoms with Crippen LogP contribution in [0.3, 0.4) is 0 Å². The average molecular weight is 288 g/mol. The Labute approximate surface area is 103 Å². The van der Waals surface area contributed by atoms with E-state index in [1.54, 1.807) is 6.07 Å². The molecule has 0 aromatic heterocycles. The number of aromatic hydroxyl groups is 1. The van der Waals surface area contributed by atoms with Crippen molar-refractivity contribution in [3.8, 4) is 5.75 Å². The van der Waals surface area contributed by atoms with Gasteiger partial charge in [0.2, 0.25) is 0 Å². The van der Waals surface area contributed by atoms with Crippen LogP contribution >= 0.6 is 27.7 Å². The first kappa shape index (κ1) is 11.3. The summed E-state index contributed by atoms with van der Waals surface area (Å²) >= 11 is 5.43. The molecule has 0 bridgehead atoms. The molecule has 82 valence electrons. The van der Waals surface area contributed by atoms with Crippen LogP contribution in [0.4, 0.5) is 0 Å². The van der Waals surface area contributed by atoms with E-state index in [1.165, 1.54) is 11.5 Å². The first-order valence-electron chi connectivity index (χ1n) is 5.03. The van der Waals surface area contributed by atoms with Crippen LogP contribution in [0.25, 0.3) is 0 Å². The van der Waals surface area contributed by atoms with Crippen molar-refractivity contribution in [1.82, 2.24) is 4.90 Å². The fourth-order valence-electron chi connectivity index (χ4n) is 1.68. The number of thioether (sulfide) groups is 1. The van der Waals surface area contributed by atoms with E-state index in [2.05, 4.69) is 20.8 Å². The number of hydrogen-bond acceptors (Lipinski definition) is 3. The molecule has 0 aliphatic carbocycles. The molecular weight excluding hydrogens is 274 g/mol. The van der Waals surface area contributed by atoms with Gasteiger partial charge < -0.3 is 5.11 Å². The fourth-order valence-corrected chi connectivity index (χ4v) is 3.07. The summed E-state index contributed by atoms with van der Waals surface area (Å²) in [6.07, 6.45) is 0. The third-order valence-corrected chi connectivity index (χ3v) is 3.97. The van der Waals surface area contributed by atoms with Crippen LogP contribution in [-0.2, 0) is 6.54 Å². The lowest BCUT2D eigenvalue weighted by molar-refractivity contribution is 0.289. The fraction of sp³-hybridized carbons (Fsp3) is 0.455. The highest BCUT2D eigenvalue weighted by atomic mass is 79.9. The molecule has 0 saturated carbocycles. The van der Waals surface area contributed by atoms with Crippen molar-refractivity contribution in [1.29, 1.82) is 0 Å². The van der Waals surface area contributed by atoms with Crippen LogP contribution in [0.5, 0.6) is 5.75 Å². The maximum absolute atomic E-state index is 9.71. The molecule has 2 rings (SSSR count). The topological polar surface area (TPSA) is 23.5 Å². The van der Waals surface area contributed by atoms with E-state index in [9.17, 15) is 5.11 Å². The van der Waals surface area contributed by atoms with Gasteiger partial charge >= 0.3 is 0 Å². The van der Waals surface area contributed by atoms with Crippen molar-refractivity contribution in [3.05, 3.63) is 28.2 Å². The second kappa shape index (κ2) is 5.23. The van der Waals surface area contributed by atoms with Gasteiger partial charge in [-0.25, -0.2) is 0 Å². The molecular formula is C11H14BrNOS. The Bertz CT molecular complexity index is 339. The van der Waals surface area contributed by atoms with Gasteiger partial charge in [-0.2, -0.15) is 11.8 Å². The van der Waals surface area contributed by atoms with Crippen LogP contribution in [0, 0.1) is 0 Å². The monoisotopic (exact) mass is 287 g/mol. The number of halogens is 1. The lowest BCUT2D eigenvalue weighted by atomic mass is 10.2. The van der Waals surface area contributed by atoms with E-state index in [0.717, 1.165) is 29.7 Å². The van der Waals surface area contributed by atoms with Gasteiger partial charge in [-0.15, -0.1) is 0 Å². The minimum Gasteiger partial charge on any atom is -0.508 e. The molecule has 1 aliphatic rings. The van der Waals surface area contributed by atoms with Crippen molar-refractivity contribution >= 4 is 27.7 Å². The summed E-state index contributed by atoms with van der Waals surface area (Å²) < 4.78 is 1.03. The van der Waals surface area contributed by atoms with Gasteiger partial charge in [0.1, 0.15) is 5.75 Å². The minimum atomic E-state index is 0.399. The van der Waals surface area contributed by atoms with Gasteiger partial charge in [0.15, 0.2) is 0 Å². The molecule has 0 atom stereocenters. The SMILES string of the molecule is Oc1ccc(Br)cc1CN1CCSCC1. The number of nitrogens with zero attached hydrogens (tertiary/aromatic N) is 1. The molecule has 0 amide bonds. The van der Waals surface area contributed by atoms with Gasteiger partial charge in [0.05, 0.1) is 0 Å². The Hall–Kier alpha value is -0.190. The minimum absolute atomic E-state index is 0.399. The predicted octanol–water partition coefficient (Wildman–Crippen LogP) is 2.70. The summed E-state index contributed by atoms with van der Waals surface area (Å²) in [5.41, 5.74) is 1.01. The summed E-state index contributed by atoms with van der Waals surface area (Å²) in [6.45, 7) is 3.10. The van der Waals surface area contributed by atoms with E-state index in [0.29, 0.717) is 5.75 Å². The highest BCUT2D eigenvalue weighted by Gasteiger charge is 2.12. The van der Waals surface area contributed by atoms with Gasteiger partial charge in [-0.1, -0.05) is 15.9 Å². The lowest BCUT2D eigenvalue weighted by Crippen LogP contribution is -2.31. The molecule has 1 saturated heterocycles. The second-order valence-corrected chi connectivity index (χ2v) is 5.80. The molecule has 1 N–H and O–H groups in total. The first-order valence-corrected chi connectivity index (χ1v) is 6.98. The molecule has 0 spiro atoms. The van der Waals surface area contributed by atoms with E-state index < -0.39 is 0 Å². The van der Waals surface area contributed by atoms with E-state index in [1.807, 2.05) is 23.9 Å². The van der Waals surface area contributed by atoms with Crippen molar-refractivity contribution < 1.29 is 5.11 Å². The molecule has 1 aromatic carbocycles. The van der Waals surface area contributed by atoms with Crippen molar-refractivity contribution in [3.63, 3.8) is 0 Å². The average Bonchev–Trinajstić information content (AvgIpc) is 2.25. The van der Waals surface area contributed by atoms with Gasteiger partial charge in [0.25, 0.3) is 0 Å². The zero-order chi connectivity index (χ0) is 10.7. The maximum Gasteiger partial charge on any atom is 0.120 e. The molecule has 4 heteroatoms. The third-order valence-electron chi connectivity index (χ3n) is 2.54. The number of benzene rings is 1. The Morgan fingerprint density at radius 2 is 2.07 bits per heavy atom. The quantitative estimate of drug-likeness (QED) is 0.905. The standard InChI is InChI=1S/C11H14BrNOS/c12-10-1-2-11(14)9(7-10)8-13-3-5-15-6-4-13/h1-2,7,14H,3-6,8H2. The van der Waals surface area contributed by atoms with Crippen LogP contribution in [0.15, 0.2) is 22.7 Å². The molecule has 15 heavy (non-hydrogen) atoms. The van der Waals surface area contributed by atoms with E-state index >= 15 is 0 Å². The van der Waals surface area contributed by atoms with Crippen LogP contribution < -0.4 is 0 Å². The molecule has 1 aliphatic heterocycles. The zero-order valence-corrected chi connectivity index (χ0v) is 10.9. The summed E-state index contributed by atoms with van der Waals surface area (Å²) in [6, 6.07) is 5.61.